The molecule has 0 unspecified atom stereocenters. The maximum atomic E-state index is 10.1. The zero-order chi connectivity index (χ0) is 23.8. The zero-order valence-corrected chi connectivity index (χ0v) is 21.1. The van der Waals surface area contributed by atoms with E-state index in [0.717, 1.165) is 0 Å². The number of hydrogen-bond acceptors (Lipinski definition) is 6. The first-order chi connectivity index (χ1) is 15.8. The van der Waals surface area contributed by atoms with Gasteiger partial charge in [-0.2, -0.15) is 0 Å². The normalized spacial score (nSPS) is 10.5. The Morgan fingerprint density at radius 2 is 1.03 bits per heavy atom. The number of ketones is 1. The molecule has 2 aromatic carbocycles. The first kappa shape index (κ1) is 27.4. The number of aromatic nitrogens is 2. The molecular weight excluding hydrogens is 568 g/mol. The molecule has 6 nitrogen and oxygen atoms in total. The number of pyridine rings is 2. The van der Waals surface area contributed by atoms with Gasteiger partial charge in [0.1, 0.15) is 11.5 Å². The van der Waals surface area contributed by atoms with Gasteiger partial charge in [-0.1, -0.05) is 36.4 Å². The van der Waals surface area contributed by atoms with E-state index < -0.39 is 0 Å². The molecule has 34 heavy (non-hydrogen) atoms. The van der Waals surface area contributed by atoms with Crippen molar-refractivity contribution in [1.82, 2.24) is 9.97 Å². The fourth-order valence-corrected chi connectivity index (χ4v) is 3.13. The minimum absolute atomic E-state index is 0. The van der Waals surface area contributed by atoms with Crippen molar-refractivity contribution in [1.29, 1.82) is 0 Å². The number of phenols is 2. The van der Waals surface area contributed by atoms with E-state index in [0.29, 0.717) is 33.9 Å². The molecule has 0 amide bonds. The van der Waals surface area contributed by atoms with E-state index in [-0.39, 0.29) is 72.4 Å². The van der Waals surface area contributed by atoms with Gasteiger partial charge in [-0.05, 0) is 62.4 Å². The Labute approximate surface area is 239 Å². The second-order valence-corrected chi connectivity index (χ2v) is 7.25. The number of aliphatic hydroxyl groups is 1. The summed E-state index contributed by atoms with van der Waals surface area (Å²) in [6.07, 6.45) is 1.17. The van der Waals surface area contributed by atoms with Gasteiger partial charge >= 0.3 is 0 Å². The third-order valence-corrected chi connectivity index (χ3v) is 4.53. The largest absolute Gasteiger partial charge is 0.512 e. The Hall–Kier alpha value is -2.87. The number of nitrogens with zero attached hydrogens (tertiary/aromatic N) is 2. The van der Waals surface area contributed by atoms with E-state index >= 15 is 0 Å². The molecule has 0 saturated carbocycles. The van der Waals surface area contributed by atoms with Crippen LogP contribution in [-0.4, -0.2) is 31.1 Å². The molecule has 0 aliphatic heterocycles. The number of aliphatic hydroxyl groups excluding tert-OH is 1. The minimum atomic E-state index is -0.125. The minimum Gasteiger partial charge on any atom is -0.512 e. The van der Waals surface area contributed by atoms with Gasteiger partial charge in [-0.3, -0.25) is 4.79 Å². The van der Waals surface area contributed by atoms with Crippen LogP contribution in [0.4, 0.5) is 0 Å². The fourth-order valence-electron chi connectivity index (χ4n) is 3.13. The summed E-state index contributed by atoms with van der Waals surface area (Å²) < 4.78 is 0. The van der Waals surface area contributed by atoms with Crippen LogP contribution >= 0.6 is 0 Å². The summed E-state index contributed by atoms with van der Waals surface area (Å²) in [6.45, 7) is 2.85. The average Bonchev–Trinajstić information content (AvgIpc) is 2.79. The molecular formula is C27H24EuN2O4. The smallest absolute Gasteiger partial charge is 0.155 e. The number of phenolic OH excluding ortho intramolecular Hbond substituents is 2. The molecule has 0 saturated heterocycles. The quantitative estimate of drug-likeness (QED) is 0.201. The van der Waals surface area contributed by atoms with E-state index in [1.807, 2.05) is 60.7 Å². The molecule has 2 aromatic heterocycles. The predicted octanol–water partition coefficient (Wildman–Crippen LogP) is 5.93. The van der Waals surface area contributed by atoms with Gasteiger partial charge in [-0.15, -0.1) is 0 Å². The van der Waals surface area contributed by atoms with E-state index in [2.05, 4.69) is 9.97 Å². The Morgan fingerprint density at radius 1 is 0.647 bits per heavy atom. The second-order valence-electron chi connectivity index (χ2n) is 7.25. The summed E-state index contributed by atoms with van der Waals surface area (Å²) in [5.74, 6) is 0.314. The maximum absolute atomic E-state index is 10.1. The van der Waals surface area contributed by atoms with Crippen LogP contribution in [0.1, 0.15) is 13.8 Å². The van der Waals surface area contributed by atoms with Gasteiger partial charge in [0.25, 0.3) is 0 Å². The van der Waals surface area contributed by atoms with Crippen molar-refractivity contribution in [2.45, 2.75) is 13.8 Å². The van der Waals surface area contributed by atoms with E-state index in [1.54, 1.807) is 24.3 Å². The molecule has 4 aromatic rings. The predicted molar refractivity (Wildman–Crippen MR) is 129 cm³/mol. The number of carbonyl (C=O) groups is 1. The van der Waals surface area contributed by atoms with Crippen LogP contribution in [0.25, 0.3) is 33.9 Å². The van der Waals surface area contributed by atoms with E-state index in [1.165, 1.54) is 19.9 Å². The third kappa shape index (κ3) is 7.59. The molecule has 0 aliphatic rings. The number of benzene rings is 2. The van der Waals surface area contributed by atoms with Crippen molar-refractivity contribution in [3.63, 3.8) is 0 Å². The van der Waals surface area contributed by atoms with E-state index in [9.17, 15) is 15.0 Å². The van der Waals surface area contributed by atoms with Crippen LogP contribution in [0.2, 0.25) is 0 Å². The maximum Gasteiger partial charge on any atom is 0.155 e. The Morgan fingerprint density at radius 3 is 1.35 bits per heavy atom. The van der Waals surface area contributed by atoms with Gasteiger partial charge < -0.3 is 15.3 Å². The van der Waals surface area contributed by atoms with Gasteiger partial charge in [0.05, 0.1) is 28.5 Å². The van der Waals surface area contributed by atoms with Crippen LogP contribution in [-0.2, 0) is 4.79 Å². The zero-order valence-electron chi connectivity index (χ0n) is 18.7. The van der Waals surface area contributed by atoms with Gasteiger partial charge in [0, 0.05) is 66.6 Å². The third-order valence-electron chi connectivity index (χ3n) is 4.53. The van der Waals surface area contributed by atoms with Crippen molar-refractivity contribution < 1.29 is 69.5 Å². The molecule has 0 atom stereocenters. The number of carbonyl (C=O) groups excluding carboxylic acids is 1. The molecule has 0 aliphatic carbocycles. The SMILES string of the molecule is CC(=O)/C=C(/C)O.Oc1ccccc1-c1cccc(-c2cccc(-c3ccccc3O)n2)n1.[Eu]. The van der Waals surface area contributed by atoms with Crippen LogP contribution in [0.5, 0.6) is 11.5 Å². The summed E-state index contributed by atoms with van der Waals surface area (Å²) >= 11 is 0. The van der Waals surface area contributed by atoms with Crippen LogP contribution in [0.3, 0.4) is 0 Å². The Bertz CT molecular complexity index is 1210. The number of allylic oxidation sites excluding steroid dienone is 2. The van der Waals surface area contributed by atoms with Gasteiger partial charge in [-0.25, -0.2) is 9.97 Å². The average molecular weight is 592 g/mol. The first-order valence-corrected chi connectivity index (χ1v) is 10.2. The molecule has 1 radical (unpaired) electrons. The summed E-state index contributed by atoms with van der Waals surface area (Å²) in [5, 5.41) is 28.5. The summed E-state index contributed by atoms with van der Waals surface area (Å²) in [4.78, 5) is 19.3. The summed E-state index contributed by atoms with van der Waals surface area (Å²) in [7, 11) is 0. The van der Waals surface area contributed by atoms with Gasteiger partial charge in [0.2, 0.25) is 0 Å². The van der Waals surface area contributed by atoms with E-state index in [4.69, 9.17) is 5.11 Å². The van der Waals surface area contributed by atoms with Gasteiger partial charge in [0.15, 0.2) is 5.78 Å². The molecule has 7 heteroatoms. The molecule has 0 spiro atoms. The summed E-state index contributed by atoms with van der Waals surface area (Å²) in [5.41, 5.74) is 4.09. The first-order valence-electron chi connectivity index (χ1n) is 10.2. The monoisotopic (exact) mass is 593 g/mol. The van der Waals surface area contributed by atoms with Crippen molar-refractivity contribution in [3.8, 4) is 45.4 Å². The van der Waals surface area contributed by atoms with Crippen LogP contribution < -0.4 is 0 Å². The van der Waals surface area contributed by atoms with Crippen molar-refractivity contribution in [3.05, 3.63) is 96.8 Å². The molecule has 173 valence electrons. The number of aromatic hydroxyl groups is 2. The van der Waals surface area contributed by atoms with Crippen molar-refractivity contribution >= 4 is 5.78 Å². The number of para-hydroxylation sites is 2. The number of rotatable bonds is 4. The number of hydrogen-bond donors (Lipinski definition) is 3. The Kier molecular flexibility index (Phi) is 10.6. The summed E-state index contributed by atoms with van der Waals surface area (Å²) in [6, 6.07) is 25.4. The molecule has 3 N–H and O–H groups in total. The van der Waals surface area contributed by atoms with Crippen LogP contribution in [0.15, 0.2) is 96.8 Å². The second kappa shape index (κ2) is 13.1. The molecule has 0 bridgehead atoms. The van der Waals surface area contributed by atoms with Crippen molar-refractivity contribution in [2.24, 2.45) is 0 Å². The Balaban J connectivity index is 0.000000449. The standard InChI is InChI=1S/C22H16N2O2.C5H8O2.Eu/c25-21-13-3-1-7-15(21)17-9-5-11-19(23-17)20-12-6-10-18(24-20)16-8-2-4-14-22(16)26;1-4(6)3-5(2)7;/h1-14,25-26H;3,6H,1-2H3;/b;4-3-;. The molecule has 2 heterocycles. The van der Waals surface area contributed by atoms with Crippen LogP contribution in [0, 0.1) is 49.4 Å². The molecule has 4 rings (SSSR count). The van der Waals surface area contributed by atoms with Crippen molar-refractivity contribution in [2.75, 3.05) is 0 Å². The molecule has 0 fully saturated rings. The fraction of sp³-hybridized carbons (Fsp3) is 0.0741. The topological polar surface area (TPSA) is 104 Å².